The number of hydrogen-bond acceptors (Lipinski definition) is 4. The van der Waals surface area contributed by atoms with Gasteiger partial charge < -0.3 is 15.0 Å². The number of benzene rings is 1. The van der Waals surface area contributed by atoms with Gasteiger partial charge >= 0.3 is 0 Å². The molecule has 1 aliphatic rings. The molecule has 0 fully saturated rings. The van der Waals surface area contributed by atoms with Crippen molar-refractivity contribution in [1.29, 1.82) is 0 Å². The highest BCUT2D eigenvalue weighted by molar-refractivity contribution is 6.30. The van der Waals surface area contributed by atoms with Crippen molar-refractivity contribution in [2.75, 3.05) is 11.9 Å². The standard InChI is InChI=1S/C28H26ClFN4O/c1-3-19(16-21(30)4-2)13-15-35-27-12-9-22(8-10-24(27)29)34-28-23-17-20(25-6-5-14-31-25)7-11-26(23)32-18-33-28/h3-9,11-12,14,16-18,31H,1,10,13,15H2,2H3,(H,32,33,34)/b19-16+,21-4+. The number of hydrogen-bond donors (Lipinski definition) is 2. The van der Waals surface area contributed by atoms with Crippen LogP contribution in [0.2, 0.25) is 0 Å². The number of allylic oxidation sites excluding steroid dienone is 8. The minimum Gasteiger partial charge on any atom is -0.492 e. The molecular formula is C28H26ClFN4O. The zero-order valence-electron chi connectivity index (χ0n) is 19.4. The van der Waals surface area contributed by atoms with Crippen molar-refractivity contribution in [3.63, 3.8) is 0 Å². The summed E-state index contributed by atoms with van der Waals surface area (Å²) in [4.78, 5) is 12.1. The van der Waals surface area contributed by atoms with E-state index in [1.807, 2.05) is 48.7 Å². The second kappa shape index (κ2) is 11.5. The molecule has 1 aromatic carbocycles. The smallest absolute Gasteiger partial charge is 0.141 e. The van der Waals surface area contributed by atoms with E-state index in [1.165, 1.54) is 12.2 Å². The highest BCUT2D eigenvalue weighted by atomic mass is 35.5. The quantitative estimate of drug-likeness (QED) is 0.302. The van der Waals surface area contributed by atoms with Gasteiger partial charge in [-0.05, 0) is 60.6 Å². The average Bonchev–Trinajstić information content (AvgIpc) is 3.37. The molecule has 35 heavy (non-hydrogen) atoms. The van der Waals surface area contributed by atoms with Crippen molar-refractivity contribution in [2.45, 2.75) is 19.8 Å². The molecule has 0 bridgehead atoms. The summed E-state index contributed by atoms with van der Waals surface area (Å²) >= 11 is 6.48. The van der Waals surface area contributed by atoms with E-state index in [1.54, 1.807) is 19.3 Å². The molecule has 4 rings (SSSR count). The first-order chi connectivity index (χ1) is 17.1. The van der Waals surface area contributed by atoms with Gasteiger partial charge in [0.1, 0.15) is 23.7 Å². The van der Waals surface area contributed by atoms with Crippen LogP contribution in [0, 0.1) is 0 Å². The number of H-pyrrole nitrogens is 1. The van der Waals surface area contributed by atoms with Crippen LogP contribution in [0.25, 0.3) is 22.2 Å². The minimum absolute atomic E-state index is 0.302. The van der Waals surface area contributed by atoms with Crippen LogP contribution in [0.5, 0.6) is 0 Å². The lowest BCUT2D eigenvalue weighted by atomic mass is 10.1. The molecule has 0 saturated heterocycles. The van der Waals surface area contributed by atoms with E-state index >= 15 is 0 Å². The molecule has 0 spiro atoms. The summed E-state index contributed by atoms with van der Waals surface area (Å²) in [6.07, 6.45) is 14.6. The van der Waals surface area contributed by atoms with Gasteiger partial charge in [-0.1, -0.05) is 42.5 Å². The summed E-state index contributed by atoms with van der Waals surface area (Å²) < 4.78 is 19.4. The molecule has 2 N–H and O–H groups in total. The Balaban J connectivity index is 1.46. The maximum atomic E-state index is 13.5. The number of fused-ring (bicyclic) bond motifs is 1. The first-order valence-electron chi connectivity index (χ1n) is 11.3. The SMILES string of the molecule is C=C/C(=C\C(F)=C/C)CCOC1=C(Cl)CC=C(Nc2ncnc3ccc(-c4ccc[nH]4)cc23)C=C1. The fraction of sp³-hybridized carbons (Fsp3) is 0.143. The summed E-state index contributed by atoms with van der Waals surface area (Å²) in [7, 11) is 0. The molecule has 2 heterocycles. The molecular weight excluding hydrogens is 463 g/mol. The number of ether oxygens (including phenoxy) is 1. The van der Waals surface area contributed by atoms with Gasteiger partial charge in [-0.15, -0.1) is 0 Å². The summed E-state index contributed by atoms with van der Waals surface area (Å²) in [6, 6.07) is 10.1. The average molecular weight is 489 g/mol. The number of aromatic amines is 1. The van der Waals surface area contributed by atoms with Gasteiger partial charge in [0.15, 0.2) is 0 Å². The number of nitrogens with zero attached hydrogens (tertiary/aromatic N) is 2. The maximum Gasteiger partial charge on any atom is 0.141 e. The van der Waals surface area contributed by atoms with Gasteiger partial charge in [0.05, 0.1) is 17.2 Å². The minimum atomic E-state index is -0.302. The molecule has 0 radical (unpaired) electrons. The first kappa shape index (κ1) is 24.2. The van der Waals surface area contributed by atoms with Crippen LogP contribution in [-0.2, 0) is 4.74 Å². The Kier molecular flexibility index (Phi) is 7.95. The Labute approximate surface area is 209 Å². The van der Waals surface area contributed by atoms with E-state index in [-0.39, 0.29) is 5.83 Å². The molecule has 3 aromatic rings. The van der Waals surface area contributed by atoms with Gasteiger partial charge in [0.2, 0.25) is 0 Å². The second-order valence-electron chi connectivity index (χ2n) is 7.82. The normalized spacial score (nSPS) is 14.7. The number of aromatic nitrogens is 3. The van der Waals surface area contributed by atoms with Gasteiger partial charge in [-0.25, -0.2) is 14.4 Å². The Morgan fingerprint density at radius 3 is 2.94 bits per heavy atom. The maximum absolute atomic E-state index is 13.5. The highest BCUT2D eigenvalue weighted by Crippen LogP contribution is 2.28. The van der Waals surface area contributed by atoms with Gasteiger partial charge in [0, 0.05) is 35.8 Å². The topological polar surface area (TPSA) is 62.8 Å². The third-order valence-electron chi connectivity index (χ3n) is 5.50. The predicted molar refractivity (Wildman–Crippen MR) is 141 cm³/mol. The fourth-order valence-corrected chi connectivity index (χ4v) is 3.78. The highest BCUT2D eigenvalue weighted by Gasteiger charge is 2.11. The lowest BCUT2D eigenvalue weighted by Gasteiger charge is -2.10. The molecule has 0 amide bonds. The summed E-state index contributed by atoms with van der Waals surface area (Å²) in [5, 5.41) is 4.89. The van der Waals surface area contributed by atoms with Crippen LogP contribution in [0.3, 0.4) is 0 Å². The Morgan fingerprint density at radius 2 is 2.17 bits per heavy atom. The third kappa shape index (κ3) is 6.16. The van der Waals surface area contributed by atoms with Crippen LogP contribution in [0.1, 0.15) is 19.8 Å². The van der Waals surface area contributed by atoms with E-state index in [0.29, 0.717) is 36.1 Å². The molecule has 0 aliphatic heterocycles. The van der Waals surface area contributed by atoms with Crippen LogP contribution in [-0.4, -0.2) is 21.6 Å². The van der Waals surface area contributed by atoms with Crippen LogP contribution < -0.4 is 5.32 Å². The molecule has 5 nitrogen and oxygen atoms in total. The second-order valence-corrected chi connectivity index (χ2v) is 8.28. The summed E-state index contributed by atoms with van der Waals surface area (Å²) in [5.74, 6) is 0.978. The van der Waals surface area contributed by atoms with Crippen molar-refractivity contribution < 1.29 is 9.13 Å². The zero-order valence-corrected chi connectivity index (χ0v) is 20.1. The summed E-state index contributed by atoms with van der Waals surface area (Å²) in [6.45, 7) is 5.74. The fourth-order valence-electron chi connectivity index (χ4n) is 3.59. The van der Waals surface area contributed by atoms with Crippen LogP contribution in [0.4, 0.5) is 10.2 Å². The first-order valence-corrected chi connectivity index (χ1v) is 11.6. The predicted octanol–water partition coefficient (Wildman–Crippen LogP) is 7.72. The molecule has 1 aliphatic carbocycles. The van der Waals surface area contributed by atoms with Crippen LogP contribution in [0.15, 0.2) is 114 Å². The lowest BCUT2D eigenvalue weighted by molar-refractivity contribution is 0.227. The van der Waals surface area contributed by atoms with E-state index in [4.69, 9.17) is 16.3 Å². The van der Waals surface area contributed by atoms with Gasteiger partial charge in [-0.3, -0.25) is 0 Å². The number of anilines is 1. The van der Waals surface area contributed by atoms with Crippen LogP contribution >= 0.6 is 11.6 Å². The van der Waals surface area contributed by atoms with E-state index < -0.39 is 0 Å². The Hall–Kier alpha value is -3.90. The van der Waals surface area contributed by atoms with Gasteiger partial charge in [-0.2, -0.15) is 0 Å². The van der Waals surface area contributed by atoms with Crippen molar-refractivity contribution in [2.24, 2.45) is 0 Å². The number of halogens is 2. The van der Waals surface area contributed by atoms with Crippen molar-refractivity contribution >= 4 is 28.3 Å². The van der Waals surface area contributed by atoms with E-state index in [0.717, 1.165) is 33.4 Å². The molecule has 7 heteroatoms. The number of rotatable bonds is 9. The van der Waals surface area contributed by atoms with Crippen molar-refractivity contribution in [3.05, 3.63) is 114 Å². The lowest BCUT2D eigenvalue weighted by Crippen LogP contribution is -2.01. The molecule has 0 saturated carbocycles. The van der Waals surface area contributed by atoms with Gasteiger partial charge in [0.25, 0.3) is 0 Å². The Morgan fingerprint density at radius 1 is 1.29 bits per heavy atom. The Bertz CT molecular complexity index is 1370. The van der Waals surface area contributed by atoms with E-state index in [2.05, 4.69) is 32.9 Å². The monoisotopic (exact) mass is 488 g/mol. The molecule has 0 atom stereocenters. The van der Waals surface area contributed by atoms with E-state index in [9.17, 15) is 4.39 Å². The number of nitrogens with one attached hydrogen (secondary N) is 2. The molecule has 2 aromatic heterocycles. The molecule has 178 valence electrons. The zero-order chi connectivity index (χ0) is 24.6. The largest absolute Gasteiger partial charge is 0.492 e. The van der Waals surface area contributed by atoms with Crippen molar-refractivity contribution in [3.8, 4) is 11.3 Å². The summed E-state index contributed by atoms with van der Waals surface area (Å²) in [5.41, 5.74) is 4.51. The van der Waals surface area contributed by atoms with Crippen molar-refractivity contribution in [1.82, 2.24) is 15.0 Å². The third-order valence-corrected chi connectivity index (χ3v) is 5.84. The molecule has 0 unspecified atom stereocenters.